The minimum Gasteiger partial charge on any atom is -0.356 e. The number of rotatable bonds is 4. The number of aryl methyl sites for hydroxylation is 1. The van der Waals surface area contributed by atoms with Crippen molar-refractivity contribution < 1.29 is 9.59 Å². The Kier molecular flexibility index (Phi) is 5.97. The molecule has 2 aromatic heterocycles. The molecular weight excluding hydrogens is 432 g/mol. The first-order valence-corrected chi connectivity index (χ1v) is 12.0. The van der Waals surface area contributed by atoms with E-state index in [-0.39, 0.29) is 17.2 Å². The number of anilines is 4. The van der Waals surface area contributed by atoms with Crippen LogP contribution in [0.1, 0.15) is 31.7 Å². The van der Waals surface area contributed by atoms with Crippen LogP contribution in [0.3, 0.4) is 0 Å². The van der Waals surface area contributed by atoms with Crippen molar-refractivity contribution in [2.24, 2.45) is 5.41 Å². The van der Waals surface area contributed by atoms with E-state index in [0.29, 0.717) is 5.95 Å². The number of carbonyl (C=O) groups is 2. The van der Waals surface area contributed by atoms with Gasteiger partial charge in [0, 0.05) is 64.5 Å². The fourth-order valence-electron chi connectivity index (χ4n) is 5.18. The highest BCUT2D eigenvalue weighted by Crippen LogP contribution is 2.39. The molecule has 5 rings (SSSR count). The Bertz CT molecular complexity index is 1060. The van der Waals surface area contributed by atoms with E-state index in [2.05, 4.69) is 30.4 Å². The van der Waals surface area contributed by atoms with Gasteiger partial charge >= 0.3 is 0 Å². The Morgan fingerprint density at radius 3 is 2.38 bits per heavy atom. The first kappa shape index (κ1) is 22.4. The predicted octanol–water partition coefficient (Wildman–Crippen LogP) is 1.70. The molecule has 5 heterocycles. The van der Waals surface area contributed by atoms with Crippen molar-refractivity contribution in [2.75, 3.05) is 60.9 Å². The van der Waals surface area contributed by atoms with Crippen molar-refractivity contribution in [2.45, 2.75) is 33.1 Å². The van der Waals surface area contributed by atoms with Crippen LogP contribution in [0, 0.1) is 12.3 Å². The summed E-state index contributed by atoms with van der Waals surface area (Å²) in [4.78, 5) is 44.0. The molecular formula is C24H32N8O2. The largest absolute Gasteiger partial charge is 0.356 e. The summed E-state index contributed by atoms with van der Waals surface area (Å²) in [5.74, 6) is 2.68. The van der Waals surface area contributed by atoms with Gasteiger partial charge in [-0.3, -0.25) is 9.59 Å². The third kappa shape index (κ3) is 4.36. The Morgan fingerprint density at radius 1 is 1.00 bits per heavy atom. The SMILES string of the molecule is CC(=O)N1CCN(c2ccc(Nc3ncc(C)c(N4CCC5(CCNC5=O)CC4)n3)cn2)CC1. The lowest BCUT2D eigenvalue weighted by Crippen LogP contribution is -2.48. The number of piperidine rings is 1. The highest BCUT2D eigenvalue weighted by molar-refractivity contribution is 5.85. The second-order valence-electron chi connectivity index (χ2n) is 9.50. The van der Waals surface area contributed by atoms with Crippen LogP contribution in [0.15, 0.2) is 24.5 Å². The predicted molar refractivity (Wildman–Crippen MR) is 130 cm³/mol. The number of pyridine rings is 1. The molecule has 3 aliphatic rings. The molecule has 2 N–H and O–H groups in total. The minimum absolute atomic E-state index is 0.123. The first-order valence-electron chi connectivity index (χ1n) is 12.0. The van der Waals surface area contributed by atoms with Crippen molar-refractivity contribution >= 4 is 35.1 Å². The number of hydrogen-bond acceptors (Lipinski definition) is 8. The van der Waals surface area contributed by atoms with E-state index >= 15 is 0 Å². The summed E-state index contributed by atoms with van der Waals surface area (Å²) >= 11 is 0. The number of nitrogens with zero attached hydrogens (tertiary/aromatic N) is 6. The van der Waals surface area contributed by atoms with Gasteiger partial charge in [0.25, 0.3) is 0 Å². The third-order valence-electron chi connectivity index (χ3n) is 7.39. The molecule has 0 radical (unpaired) electrons. The van der Waals surface area contributed by atoms with Crippen molar-refractivity contribution in [3.63, 3.8) is 0 Å². The van der Waals surface area contributed by atoms with E-state index in [0.717, 1.165) is 88.0 Å². The topological polar surface area (TPSA) is 107 Å². The smallest absolute Gasteiger partial charge is 0.229 e. The van der Waals surface area contributed by atoms with Crippen molar-refractivity contribution in [3.05, 3.63) is 30.1 Å². The van der Waals surface area contributed by atoms with Crippen LogP contribution in [-0.4, -0.2) is 77.5 Å². The Balaban J connectivity index is 1.22. The van der Waals surface area contributed by atoms with Crippen LogP contribution in [0.2, 0.25) is 0 Å². The lowest BCUT2D eigenvalue weighted by molar-refractivity contribution is -0.129. The maximum absolute atomic E-state index is 12.3. The number of aromatic nitrogens is 3. The summed E-state index contributed by atoms with van der Waals surface area (Å²) in [5.41, 5.74) is 1.65. The highest BCUT2D eigenvalue weighted by Gasteiger charge is 2.44. The van der Waals surface area contributed by atoms with Crippen LogP contribution in [-0.2, 0) is 9.59 Å². The summed E-state index contributed by atoms with van der Waals surface area (Å²) in [6, 6.07) is 3.96. The summed E-state index contributed by atoms with van der Waals surface area (Å²) in [7, 11) is 0. The van der Waals surface area contributed by atoms with Gasteiger partial charge in [-0.05, 0) is 38.3 Å². The quantitative estimate of drug-likeness (QED) is 0.704. The number of amides is 2. The maximum atomic E-state index is 12.3. The zero-order valence-corrected chi connectivity index (χ0v) is 19.9. The Labute approximate surface area is 199 Å². The van der Waals surface area contributed by atoms with E-state index in [4.69, 9.17) is 4.98 Å². The van der Waals surface area contributed by atoms with Gasteiger partial charge in [-0.1, -0.05) is 0 Å². The second kappa shape index (κ2) is 9.08. The number of hydrogen-bond donors (Lipinski definition) is 2. The average Bonchev–Trinajstić information content (AvgIpc) is 3.20. The van der Waals surface area contributed by atoms with E-state index in [1.54, 1.807) is 13.1 Å². The number of carbonyl (C=O) groups excluding carboxylic acids is 2. The summed E-state index contributed by atoms with van der Waals surface area (Å²) in [6.45, 7) is 9.07. The van der Waals surface area contributed by atoms with Gasteiger partial charge in [0.15, 0.2) is 0 Å². The van der Waals surface area contributed by atoms with Gasteiger partial charge in [0.1, 0.15) is 11.6 Å². The summed E-state index contributed by atoms with van der Waals surface area (Å²) in [6.07, 6.45) is 6.28. The standard InChI is InChI=1S/C24H32N8O2/c1-17-15-27-23(29-21(17)32-9-6-24(7-10-32)5-8-25-22(24)34)28-19-3-4-20(26-16-19)31-13-11-30(12-14-31)18(2)33/h3-4,15-16H,5-14H2,1-2H3,(H,25,34)(H,27,28,29). The second-order valence-corrected chi connectivity index (χ2v) is 9.50. The van der Waals surface area contributed by atoms with Crippen molar-refractivity contribution in [1.29, 1.82) is 0 Å². The Morgan fingerprint density at radius 2 is 1.76 bits per heavy atom. The van der Waals surface area contributed by atoms with E-state index in [9.17, 15) is 9.59 Å². The molecule has 2 amide bonds. The lowest BCUT2D eigenvalue weighted by Gasteiger charge is -2.38. The van der Waals surface area contributed by atoms with E-state index in [1.165, 1.54) is 0 Å². The van der Waals surface area contributed by atoms with Gasteiger partial charge in [-0.25, -0.2) is 9.97 Å². The average molecular weight is 465 g/mol. The van der Waals surface area contributed by atoms with Gasteiger partial charge in [0.05, 0.1) is 17.3 Å². The van der Waals surface area contributed by atoms with Crippen LogP contribution in [0.4, 0.5) is 23.3 Å². The molecule has 0 bridgehead atoms. The third-order valence-corrected chi connectivity index (χ3v) is 7.39. The van der Waals surface area contributed by atoms with Gasteiger partial charge in [-0.15, -0.1) is 0 Å². The monoisotopic (exact) mass is 464 g/mol. The fourth-order valence-corrected chi connectivity index (χ4v) is 5.18. The summed E-state index contributed by atoms with van der Waals surface area (Å²) in [5, 5.41) is 6.27. The molecule has 1 spiro atoms. The number of piperazine rings is 1. The lowest BCUT2D eigenvalue weighted by atomic mass is 9.77. The van der Waals surface area contributed by atoms with Gasteiger partial charge < -0.3 is 25.3 Å². The molecule has 3 fully saturated rings. The van der Waals surface area contributed by atoms with E-state index in [1.807, 2.05) is 30.2 Å². The van der Waals surface area contributed by atoms with Crippen molar-refractivity contribution in [1.82, 2.24) is 25.2 Å². The molecule has 3 saturated heterocycles. The minimum atomic E-state index is -0.190. The molecule has 0 atom stereocenters. The molecule has 3 aliphatic heterocycles. The summed E-state index contributed by atoms with van der Waals surface area (Å²) < 4.78 is 0. The van der Waals surface area contributed by atoms with Crippen molar-refractivity contribution in [3.8, 4) is 0 Å². The molecule has 0 aliphatic carbocycles. The zero-order valence-electron chi connectivity index (χ0n) is 19.9. The van der Waals surface area contributed by atoms with Gasteiger partial charge in [0.2, 0.25) is 17.8 Å². The molecule has 10 nitrogen and oxygen atoms in total. The van der Waals surface area contributed by atoms with Crippen LogP contribution in [0.25, 0.3) is 0 Å². The fraction of sp³-hybridized carbons (Fsp3) is 0.542. The van der Waals surface area contributed by atoms with Crippen LogP contribution in [0.5, 0.6) is 0 Å². The van der Waals surface area contributed by atoms with Gasteiger partial charge in [-0.2, -0.15) is 4.98 Å². The zero-order chi connectivity index (χ0) is 23.7. The molecule has 180 valence electrons. The highest BCUT2D eigenvalue weighted by atomic mass is 16.2. The van der Waals surface area contributed by atoms with E-state index < -0.39 is 0 Å². The molecule has 0 unspecified atom stereocenters. The molecule has 10 heteroatoms. The van der Waals surface area contributed by atoms with Crippen LogP contribution < -0.4 is 20.4 Å². The molecule has 0 saturated carbocycles. The number of nitrogens with one attached hydrogen (secondary N) is 2. The Hall–Kier alpha value is -3.43. The molecule has 0 aromatic carbocycles. The molecule has 34 heavy (non-hydrogen) atoms. The van der Waals surface area contributed by atoms with Crippen LogP contribution >= 0.6 is 0 Å². The normalized spacial score (nSPS) is 19.9. The maximum Gasteiger partial charge on any atom is 0.229 e. The molecule has 2 aromatic rings. The first-order chi connectivity index (χ1) is 16.4.